The van der Waals surface area contributed by atoms with Crippen LogP contribution in [0.2, 0.25) is 0 Å². The summed E-state index contributed by atoms with van der Waals surface area (Å²) in [6.07, 6.45) is 2.01. The van der Waals surface area contributed by atoms with Gasteiger partial charge in [-0.2, -0.15) is 0 Å². The Labute approximate surface area is 203 Å². The van der Waals surface area contributed by atoms with E-state index in [0.29, 0.717) is 28.3 Å². The van der Waals surface area contributed by atoms with Crippen molar-refractivity contribution in [1.82, 2.24) is 9.47 Å². The number of carbonyl (C=O) groups is 2. The monoisotopic (exact) mass is 469 g/mol. The minimum atomic E-state index is -0.643. The molecule has 0 aliphatic carbocycles. The molecule has 1 N–H and O–H groups in total. The molecule has 1 aromatic heterocycles. The average Bonchev–Trinajstić information content (AvgIpc) is 3.22. The number of aryl methyl sites for hydroxylation is 1. The maximum Gasteiger partial charge on any atom is 0.254 e. The van der Waals surface area contributed by atoms with Crippen LogP contribution in [-0.4, -0.2) is 42.5 Å². The molecule has 2 heterocycles. The number of fused-ring (bicyclic) bond motifs is 2. The van der Waals surface area contributed by atoms with Crippen LogP contribution in [0.25, 0.3) is 10.9 Å². The lowest BCUT2D eigenvalue weighted by Gasteiger charge is -2.39. The zero-order chi connectivity index (χ0) is 24.7. The number of anilines is 1. The smallest absolute Gasteiger partial charge is 0.254 e. The number of para-hydroxylation sites is 1. The van der Waals surface area contributed by atoms with Crippen molar-refractivity contribution in [1.29, 1.82) is 0 Å². The van der Waals surface area contributed by atoms with Gasteiger partial charge in [0.1, 0.15) is 11.5 Å². The van der Waals surface area contributed by atoms with Crippen molar-refractivity contribution >= 4 is 28.4 Å². The highest BCUT2D eigenvalue weighted by molar-refractivity contribution is 6.05. The fraction of sp³-hybridized carbons (Fsp3) is 0.214. The zero-order valence-corrected chi connectivity index (χ0v) is 20.1. The molecule has 2 amide bonds. The molecule has 178 valence electrons. The van der Waals surface area contributed by atoms with E-state index in [0.717, 1.165) is 16.5 Å². The predicted octanol–water partition coefficient (Wildman–Crippen LogP) is 4.74. The molecule has 7 nitrogen and oxygen atoms in total. The second-order valence-electron chi connectivity index (χ2n) is 8.69. The van der Waals surface area contributed by atoms with Crippen LogP contribution in [0, 0.1) is 0 Å². The summed E-state index contributed by atoms with van der Waals surface area (Å²) in [5.41, 5.74) is 3.70. The summed E-state index contributed by atoms with van der Waals surface area (Å²) in [6, 6.07) is 20.1. The van der Waals surface area contributed by atoms with Gasteiger partial charge < -0.3 is 24.3 Å². The number of nitrogens with one attached hydrogen (secondary N) is 1. The number of nitrogens with zero attached hydrogens (tertiary/aromatic N) is 2. The van der Waals surface area contributed by atoms with Gasteiger partial charge in [0.2, 0.25) is 5.91 Å². The topological polar surface area (TPSA) is 72.8 Å². The number of likely N-dealkylation sites (N-methyl/N-ethyl adjacent to an activating group) is 1. The number of benzene rings is 3. The number of rotatable bonds is 5. The molecule has 0 saturated carbocycles. The van der Waals surface area contributed by atoms with Crippen LogP contribution in [0.15, 0.2) is 72.9 Å². The summed E-state index contributed by atoms with van der Waals surface area (Å²) in [6.45, 7) is 0. The molecule has 0 fully saturated rings. The number of hydrogen-bond acceptors (Lipinski definition) is 4. The second kappa shape index (κ2) is 8.83. The van der Waals surface area contributed by atoms with E-state index in [2.05, 4.69) is 5.32 Å². The van der Waals surface area contributed by atoms with Crippen molar-refractivity contribution in [3.8, 4) is 11.5 Å². The highest BCUT2D eigenvalue weighted by atomic mass is 16.5. The van der Waals surface area contributed by atoms with E-state index >= 15 is 0 Å². The third-order valence-corrected chi connectivity index (χ3v) is 6.77. The molecule has 2 atom stereocenters. The maximum atomic E-state index is 14.0. The first kappa shape index (κ1) is 22.5. The Morgan fingerprint density at radius 2 is 1.66 bits per heavy atom. The maximum absolute atomic E-state index is 14.0. The standard InChI is InChI=1S/C28H27N3O4/c1-30-16-21(18-9-7-8-12-23(18)30)26-25(19-10-5-6-11-20(19)28(33)31(26)2)27(32)29-22-15-17(34-3)13-14-24(22)35-4/h5-16,25-26H,1-4H3,(H,29,32)/t25-,26-/m0/s1. The van der Waals surface area contributed by atoms with Gasteiger partial charge in [0, 0.05) is 48.4 Å². The lowest BCUT2D eigenvalue weighted by Crippen LogP contribution is -2.44. The van der Waals surface area contributed by atoms with E-state index in [1.807, 2.05) is 60.3 Å². The Morgan fingerprint density at radius 1 is 0.914 bits per heavy atom. The summed E-state index contributed by atoms with van der Waals surface area (Å²) >= 11 is 0. The van der Waals surface area contributed by atoms with Crippen molar-refractivity contribution in [3.05, 3.63) is 89.6 Å². The van der Waals surface area contributed by atoms with Crippen molar-refractivity contribution in [2.24, 2.45) is 7.05 Å². The number of carbonyl (C=O) groups excluding carboxylic acids is 2. The number of amides is 2. The first-order valence-corrected chi connectivity index (χ1v) is 11.4. The first-order chi connectivity index (χ1) is 16.9. The van der Waals surface area contributed by atoms with Gasteiger partial charge in [0.25, 0.3) is 5.91 Å². The highest BCUT2D eigenvalue weighted by Gasteiger charge is 2.43. The summed E-state index contributed by atoms with van der Waals surface area (Å²) < 4.78 is 12.9. The molecule has 0 bridgehead atoms. The molecule has 0 saturated heterocycles. The largest absolute Gasteiger partial charge is 0.497 e. The van der Waals surface area contributed by atoms with Crippen LogP contribution in [0.1, 0.15) is 33.4 Å². The van der Waals surface area contributed by atoms with Crippen molar-refractivity contribution < 1.29 is 19.1 Å². The summed E-state index contributed by atoms with van der Waals surface area (Å²) in [4.78, 5) is 29.1. The summed E-state index contributed by atoms with van der Waals surface area (Å²) in [7, 11) is 6.86. The Bertz CT molecular complexity index is 1440. The lowest BCUT2D eigenvalue weighted by atomic mass is 9.79. The predicted molar refractivity (Wildman–Crippen MR) is 135 cm³/mol. The normalized spacial score (nSPS) is 17.3. The fourth-order valence-electron chi connectivity index (χ4n) is 5.08. The number of aromatic nitrogens is 1. The van der Waals surface area contributed by atoms with Crippen LogP contribution in [-0.2, 0) is 11.8 Å². The molecule has 1 aliphatic heterocycles. The fourth-order valence-corrected chi connectivity index (χ4v) is 5.08. The quantitative estimate of drug-likeness (QED) is 0.458. The van der Waals surface area contributed by atoms with Crippen molar-refractivity contribution in [2.75, 3.05) is 26.6 Å². The molecule has 35 heavy (non-hydrogen) atoms. The van der Waals surface area contributed by atoms with Crippen LogP contribution in [0.4, 0.5) is 5.69 Å². The number of methoxy groups -OCH3 is 2. The van der Waals surface area contributed by atoms with Crippen LogP contribution >= 0.6 is 0 Å². The van der Waals surface area contributed by atoms with Crippen molar-refractivity contribution in [2.45, 2.75) is 12.0 Å². The number of ether oxygens (including phenoxy) is 2. The Morgan fingerprint density at radius 3 is 2.43 bits per heavy atom. The van der Waals surface area contributed by atoms with Gasteiger partial charge >= 0.3 is 0 Å². The van der Waals surface area contributed by atoms with Crippen LogP contribution < -0.4 is 14.8 Å². The van der Waals surface area contributed by atoms with Gasteiger partial charge in [0.05, 0.1) is 31.9 Å². The van der Waals surface area contributed by atoms with Gasteiger partial charge in [-0.05, 0) is 29.8 Å². The van der Waals surface area contributed by atoms with Crippen LogP contribution in [0.5, 0.6) is 11.5 Å². The molecule has 4 aromatic rings. The van der Waals surface area contributed by atoms with E-state index in [1.165, 1.54) is 0 Å². The van der Waals surface area contributed by atoms with Crippen molar-refractivity contribution in [3.63, 3.8) is 0 Å². The molecular formula is C28H27N3O4. The minimum Gasteiger partial charge on any atom is -0.497 e. The first-order valence-electron chi connectivity index (χ1n) is 11.4. The van der Waals surface area contributed by atoms with E-state index in [4.69, 9.17) is 9.47 Å². The van der Waals surface area contributed by atoms with Crippen LogP contribution in [0.3, 0.4) is 0 Å². The van der Waals surface area contributed by atoms with E-state index < -0.39 is 12.0 Å². The van der Waals surface area contributed by atoms with Gasteiger partial charge in [-0.15, -0.1) is 0 Å². The molecule has 5 rings (SSSR count). The van der Waals surface area contributed by atoms with Gasteiger partial charge in [0.15, 0.2) is 0 Å². The van der Waals surface area contributed by atoms with E-state index in [9.17, 15) is 9.59 Å². The van der Waals surface area contributed by atoms with E-state index in [1.54, 1.807) is 50.4 Å². The molecule has 7 heteroatoms. The lowest BCUT2D eigenvalue weighted by molar-refractivity contribution is -0.119. The molecule has 0 spiro atoms. The average molecular weight is 470 g/mol. The number of hydrogen-bond donors (Lipinski definition) is 1. The SMILES string of the molecule is COc1ccc(OC)c(NC(=O)[C@H]2c3ccccc3C(=O)N(C)[C@H]2c2cn(C)c3ccccc23)c1. The molecule has 0 radical (unpaired) electrons. The zero-order valence-electron chi connectivity index (χ0n) is 20.1. The molecule has 0 unspecified atom stereocenters. The van der Waals surface area contributed by atoms with Gasteiger partial charge in [-0.1, -0.05) is 36.4 Å². The third-order valence-electron chi connectivity index (χ3n) is 6.77. The summed E-state index contributed by atoms with van der Waals surface area (Å²) in [5, 5.41) is 4.06. The Balaban J connectivity index is 1.67. The second-order valence-corrected chi connectivity index (χ2v) is 8.69. The molecular weight excluding hydrogens is 442 g/mol. The Kier molecular flexibility index (Phi) is 5.68. The van der Waals surface area contributed by atoms with Gasteiger partial charge in [-0.3, -0.25) is 9.59 Å². The summed E-state index contributed by atoms with van der Waals surface area (Å²) in [5.74, 6) is 0.135. The molecule has 1 aliphatic rings. The highest BCUT2D eigenvalue weighted by Crippen LogP contribution is 2.45. The Hall–Kier alpha value is -4.26. The van der Waals surface area contributed by atoms with E-state index in [-0.39, 0.29) is 11.8 Å². The van der Waals surface area contributed by atoms with Gasteiger partial charge in [-0.25, -0.2) is 0 Å². The molecule has 3 aromatic carbocycles. The minimum absolute atomic E-state index is 0.110. The third kappa shape index (κ3) is 3.69.